The Morgan fingerprint density at radius 1 is 1.17 bits per heavy atom. The maximum atomic E-state index is 12.4. The van der Waals surface area contributed by atoms with Gasteiger partial charge in [0, 0.05) is 43.1 Å². The zero-order valence-corrected chi connectivity index (χ0v) is 14.8. The Morgan fingerprint density at radius 2 is 1.75 bits per heavy atom. The van der Waals surface area contributed by atoms with Gasteiger partial charge in [0.2, 0.25) is 5.91 Å². The van der Waals surface area contributed by atoms with Gasteiger partial charge in [0.15, 0.2) is 0 Å². The Hall–Kier alpha value is -1.95. The first kappa shape index (κ1) is 18.4. The lowest BCUT2D eigenvalue weighted by molar-refractivity contribution is -0.131. The fraction of sp³-hybridized carbons (Fsp3) is 0.529. The number of likely N-dealkylation sites (tertiary alicyclic amines) is 1. The van der Waals surface area contributed by atoms with Crippen LogP contribution in [0.2, 0.25) is 0 Å². The van der Waals surface area contributed by atoms with Gasteiger partial charge in [0.05, 0.1) is 14.2 Å². The summed E-state index contributed by atoms with van der Waals surface area (Å²) in [4.78, 5) is 26.1. The number of rotatable bonds is 6. The summed E-state index contributed by atoms with van der Waals surface area (Å²) in [6.07, 6.45) is 1.84. The van der Waals surface area contributed by atoms with Crippen LogP contribution in [0.15, 0.2) is 18.2 Å². The summed E-state index contributed by atoms with van der Waals surface area (Å²) in [5, 5.41) is 3.02. The molecule has 1 aliphatic rings. The molecule has 1 aromatic rings. The third-order valence-electron chi connectivity index (χ3n) is 4.10. The number of methoxy groups -OCH3 is 2. The lowest BCUT2D eigenvalue weighted by atomic mass is 10.0. The van der Waals surface area contributed by atoms with Crippen LogP contribution in [0.3, 0.4) is 0 Å². The Balaban J connectivity index is 1.93. The molecule has 0 atom stereocenters. The summed E-state index contributed by atoms with van der Waals surface area (Å²) in [5.41, 5.74) is 0.492. The molecule has 0 bridgehead atoms. The van der Waals surface area contributed by atoms with Crippen molar-refractivity contribution in [2.45, 2.75) is 25.3 Å². The van der Waals surface area contributed by atoms with Gasteiger partial charge in [-0.2, -0.15) is 0 Å². The minimum Gasteiger partial charge on any atom is -0.497 e. The van der Waals surface area contributed by atoms with E-state index in [9.17, 15) is 9.59 Å². The van der Waals surface area contributed by atoms with E-state index in [4.69, 9.17) is 21.1 Å². The lowest BCUT2D eigenvalue weighted by Crippen LogP contribution is -2.46. The highest BCUT2D eigenvalue weighted by Crippen LogP contribution is 2.23. The van der Waals surface area contributed by atoms with Crippen LogP contribution in [0.1, 0.15) is 29.6 Å². The molecule has 1 aliphatic heterocycles. The molecular formula is C17H23ClN2O4. The third kappa shape index (κ3) is 4.77. The average Bonchev–Trinajstić information content (AvgIpc) is 2.61. The van der Waals surface area contributed by atoms with Gasteiger partial charge in [-0.3, -0.25) is 9.59 Å². The quantitative estimate of drug-likeness (QED) is 0.794. The summed E-state index contributed by atoms with van der Waals surface area (Å²) in [7, 11) is 3.09. The van der Waals surface area contributed by atoms with Crippen molar-refractivity contribution >= 4 is 23.4 Å². The van der Waals surface area contributed by atoms with Crippen LogP contribution in [0.25, 0.3) is 0 Å². The van der Waals surface area contributed by atoms with Crippen LogP contribution in [-0.4, -0.2) is 55.9 Å². The fourth-order valence-electron chi connectivity index (χ4n) is 2.72. The van der Waals surface area contributed by atoms with Crippen molar-refractivity contribution in [3.63, 3.8) is 0 Å². The largest absolute Gasteiger partial charge is 0.497 e. The van der Waals surface area contributed by atoms with Gasteiger partial charge < -0.3 is 19.7 Å². The molecular weight excluding hydrogens is 332 g/mol. The van der Waals surface area contributed by atoms with Gasteiger partial charge in [0.1, 0.15) is 11.5 Å². The maximum Gasteiger partial charge on any atom is 0.251 e. The van der Waals surface area contributed by atoms with Gasteiger partial charge in [0.25, 0.3) is 5.91 Å². The molecule has 1 aromatic carbocycles. The number of nitrogens with zero attached hydrogens (tertiary/aromatic N) is 1. The molecule has 6 nitrogen and oxygen atoms in total. The number of carbonyl (C=O) groups is 2. The topological polar surface area (TPSA) is 67.9 Å². The Kier molecular flexibility index (Phi) is 6.73. The summed E-state index contributed by atoms with van der Waals surface area (Å²) in [6.45, 7) is 1.28. The monoisotopic (exact) mass is 354 g/mol. The number of benzene rings is 1. The van der Waals surface area contributed by atoms with Crippen molar-refractivity contribution in [3.8, 4) is 11.5 Å². The van der Waals surface area contributed by atoms with Crippen molar-refractivity contribution in [2.75, 3.05) is 33.2 Å². The molecule has 24 heavy (non-hydrogen) atoms. The Labute approximate surface area is 147 Å². The molecule has 2 rings (SSSR count). The Bertz CT molecular complexity index is 564. The van der Waals surface area contributed by atoms with E-state index in [-0.39, 0.29) is 17.9 Å². The van der Waals surface area contributed by atoms with E-state index in [1.807, 2.05) is 0 Å². The minimum absolute atomic E-state index is 0.0507. The number of halogens is 1. The first-order valence-electron chi connectivity index (χ1n) is 7.95. The zero-order valence-electron chi connectivity index (χ0n) is 14.0. The molecule has 0 aliphatic carbocycles. The van der Waals surface area contributed by atoms with E-state index < -0.39 is 0 Å². The van der Waals surface area contributed by atoms with Crippen molar-refractivity contribution in [3.05, 3.63) is 23.8 Å². The first-order chi connectivity index (χ1) is 11.6. The van der Waals surface area contributed by atoms with Crippen LogP contribution in [0.4, 0.5) is 0 Å². The highest BCUT2D eigenvalue weighted by Gasteiger charge is 2.24. The summed E-state index contributed by atoms with van der Waals surface area (Å²) < 4.78 is 10.4. The fourth-order valence-corrected chi connectivity index (χ4v) is 2.88. The average molecular weight is 355 g/mol. The van der Waals surface area contributed by atoms with Gasteiger partial charge in [-0.15, -0.1) is 11.6 Å². The molecule has 2 amide bonds. The van der Waals surface area contributed by atoms with E-state index in [0.717, 1.165) is 12.8 Å². The van der Waals surface area contributed by atoms with Crippen molar-refractivity contribution in [1.29, 1.82) is 0 Å². The van der Waals surface area contributed by atoms with E-state index in [1.54, 1.807) is 37.3 Å². The summed E-state index contributed by atoms with van der Waals surface area (Å²) >= 11 is 5.61. The lowest BCUT2D eigenvalue weighted by Gasteiger charge is -2.32. The molecule has 1 fully saturated rings. The Morgan fingerprint density at radius 3 is 2.25 bits per heavy atom. The second-order valence-corrected chi connectivity index (χ2v) is 6.05. The molecule has 0 saturated carbocycles. The number of piperidine rings is 1. The third-order valence-corrected chi connectivity index (χ3v) is 4.29. The first-order valence-corrected chi connectivity index (χ1v) is 8.48. The molecule has 1 N–H and O–H groups in total. The molecule has 132 valence electrons. The van der Waals surface area contributed by atoms with E-state index in [0.29, 0.717) is 42.5 Å². The molecule has 0 spiro atoms. The molecule has 0 radical (unpaired) electrons. The van der Waals surface area contributed by atoms with Crippen LogP contribution < -0.4 is 14.8 Å². The minimum atomic E-state index is -0.169. The van der Waals surface area contributed by atoms with E-state index in [2.05, 4.69) is 5.32 Å². The SMILES string of the molecule is COc1cc(OC)cc(C(=O)NC2CCN(C(=O)CCCl)CC2)c1. The zero-order chi connectivity index (χ0) is 17.5. The highest BCUT2D eigenvalue weighted by atomic mass is 35.5. The number of hydrogen-bond donors (Lipinski definition) is 1. The standard InChI is InChI=1S/C17H23ClN2O4/c1-23-14-9-12(10-15(11-14)24-2)17(22)19-13-4-7-20(8-5-13)16(21)3-6-18/h9-11,13H,3-8H2,1-2H3,(H,19,22). The smallest absolute Gasteiger partial charge is 0.251 e. The predicted molar refractivity (Wildman–Crippen MR) is 92.0 cm³/mol. The van der Waals surface area contributed by atoms with Gasteiger partial charge in [-0.25, -0.2) is 0 Å². The number of alkyl halides is 1. The number of ether oxygens (including phenoxy) is 2. The van der Waals surface area contributed by atoms with Crippen molar-refractivity contribution < 1.29 is 19.1 Å². The highest BCUT2D eigenvalue weighted by molar-refractivity contribution is 6.18. The second-order valence-electron chi connectivity index (χ2n) is 5.67. The van der Waals surface area contributed by atoms with Crippen molar-refractivity contribution in [2.24, 2.45) is 0 Å². The van der Waals surface area contributed by atoms with Crippen LogP contribution in [-0.2, 0) is 4.79 Å². The van der Waals surface area contributed by atoms with Crippen LogP contribution >= 0.6 is 11.6 Å². The van der Waals surface area contributed by atoms with Gasteiger partial charge in [-0.1, -0.05) is 0 Å². The predicted octanol–water partition coefficient (Wildman–Crippen LogP) is 2.05. The molecule has 1 heterocycles. The summed E-state index contributed by atoms with van der Waals surface area (Å²) in [6, 6.07) is 5.13. The summed E-state index contributed by atoms with van der Waals surface area (Å²) in [5.74, 6) is 1.39. The number of carbonyl (C=O) groups excluding carboxylic acids is 2. The number of nitrogens with one attached hydrogen (secondary N) is 1. The number of amides is 2. The molecule has 0 aromatic heterocycles. The van der Waals surface area contributed by atoms with Crippen LogP contribution in [0, 0.1) is 0 Å². The van der Waals surface area contributed by atoms with E-state index in [1.165, 1.54) is 0 Å². The van der Waals surface area contributed by atoms with Crippen LogP contribution in [0.5, 0.6) is 11.5 Å². The molecule has 1 saturated heterocycles. The maximum absolute atomic E-state index is 12.4. The van der Waals surface area contributed by atoms with E-state index >= 15 is 0 Å². The normalized spacial score (nSPS) is 15.0. The van der Waals surface area contributed by atoms with Gasteiger partial charge in [-0.05, 0) is 25.0 Å². The molecule has 0 unspecified atom stereocenters. The molecule has 7 heteroatoms. The van der Waals surface area contributed by atoms with Gasteiger partial charge >= 0.3 is 0 Å². The van der Waals surface area contributed by atoms with Crippen molar-refractivity contribution in [1.82, 2.24) is 10.2 Å². The number of hydrogen-bond acceptors (Lipinski definition) is 4. The second kappa shape index (κ2) is 8.78.